The standard InChI is InChI=1S/C18H8Br2O4S4/c19-16-17-11(26-18(16)20)8-10(25-17)9-5-6-14-15(7-9)28(23,24)13-4-2-1-3-12(13)27(14,21)22/h1-8H. The molecule has 0 bridgehead atoms. The second kappa shape index (κ2) is 6.23. The summed E-state index contributed by atoms with van der Waals surface area (Å²) >= 11 is 10.1. The lowest BCUT2D eigenvalue weighted by molar-refractivity contribution is 0.570. The van der Waals surface area contributed by atoms with Crippen LogP contribution >= 0.6 is 54.5 Å². The summed E-state index contributed by atoms with van der Waals surface area (Å²) in [7, 11) is -7.81. The van der Waals surface area contributed by atoms with Crippen LogP contribution in [0.15, 0.2) is 76.4 Å². The van der Waals surface area contributed by atoms with Gasteiger partial charge in [0.1, 0.15) is 0 Å². The number of halogens is 2. The largest absolute Gasteiger partial charge is 0.218 e. The van der Waals surface area contributed by atoms with E-state index < -0.39 is 19.7 Å². The SMILES string of the molecule is O=S1(=O)c2ccccc2S(=O)(=O)c2cc(-c3cc4sc(Br)c(Br)c4s3)ccc21. The molecule has 4 nitrogen and oxygen atoms in total. The second-order valence-corrected chi connectivity index (χ2v) is 14.1. The van der Waals surface area contributed by atoms with E-state index in [-0.39, 0.29) is 19.6 Å². The van der Waals surface area contributed by atoms with Gasteiger partial charge in [-0.15, -0.1) is 22.7 Å². The van der Waals surface area contributed by atoms with Gasteiger partial charge in [-0.25, -0.2) is 16.8 Å². The van der Waals surface area contributed by atoms with E-state index in [0.717, 1.165) is 22.5 Å². The average Bonchev–Trinajstić information content (AvgIpc) is 3.20. The Hall–Kier alpha value is -1.04. The molecule has 0 atom stereocenters. The van der Waals surface area contributed by atoms with E-state index in [2.05, 4.69) is 31.9 Å². The van der Waals surface area contributed by atoms with Crippen LogP contribution in [0.3, 0.4) is 0 Å². The van der Waals surface area contributed by atoms with Crippen molar-refractivity contribution in [1.29, 1.82) is 0 Å². The van der Waals surface area contributed by atoms with Gasteiger partial charge in [-0.1, -0.05) is 18.2 Å². The molecule has 3 heterocycles. The summed E-state index contributed by atoms with van der Waals surface area (Å²) in [6.07, 6.45) is 0. The van der Waals surface area contributed by atoms with Gasteiger partial charge in [0.25, 0.3) is 0 Å². The molecule has 142 valence electrons. The van der Waals surface area contributed by atoms with E-state index in [1.54, 1.807) is 17.4 Å². The molecular formula is C18H8Br2O4S4. The summed E-state index contributed by atoms with van der Waals surface area (Å²) in [5, 5.41) is 0. The van der Waals surface area contributed by atoms with Crippen molar-refractivity contribution in [2.24, 2.45) is 0 Å². The first kappa shape index (κ1) is 19.0. The van der Waals surface area contributed by atoms with Gasteiger partial charge in [0, 0.05) is 9.58 Å². The maximum Gasteiger partial charge on any atom is 0.209 e. The monoisotopic (exact) mass is 574 g/mol. The summed E-state index contributed by atoms with van der Waals surface area (Å²) in [5.41, 5.74) is 0.674. The van der Waals surface area contributed by atoms with Crippen molar-refractivity contribution in [2.45, 2.75) is 19.6 Å². The predicted molar refractivity (Wildman–Crippen MR) is 118 cm³/mol. The molecule has 2 aromatic heterocycles. The molecule has 2 aromatic carbocycles. The molecule has 0 fully saturated rings. The minimum atomic E-state index is -3.92. The molecule has 0 unspecified atom stereocenters. The fourth-order valence-electron chi connectivity index (χ4n) is 3.20. The average molecular weight is 576 g/mol. The maximum atomic E-state index is 13.1. The van der Waals surface area contributed by atoms with E-state index in [1.807, 2.05) is 6.07 Å². The highest BCUT2D eigenvalue weighted by Crippen LogP contribution is 2.47. The Balaban J connectivity index is 1.77. The van der Waals surface area contributed by atoms with Crippen molar-refractivity contribution in [1.82, 2.24) is 0 Å². The number of hydrogen-bond acceptors (Lipinski definition) is 6. The van der Waals surface area contributed by atoms with Crippen LogP contribution in [0.5, 0.6) is 0 Å². The molecule has 0 N–H and O–H groups in total. The fraction of sp³-hybridized carbons (Fsp3) is 0. The first-order valence-electron chi connectivity index (χ1n) is 7.82. The molecule has 0 saturated heterocycles. The Morgan fingerprint density at radius 2 is 1.32 bits per heavy atom. The van der Waals surface area contributed by atoms with Crippen LogP contribution in [-0.2, 0) is 19.7 Å². The summed E-state index contributed by atoms with van der Waals surface area (Å²) < 4.78 is 56.2. The van der Waals surface area contributed by atoms with Gasteiger partial charge in [-0.05, 0) is 67.8 Å². The highest BCUT2D eigenvalue weighted by molar-refractivity contribution is 9.13. The summed E-state index contributed by atoms with van der Waals surface area (Å²) in [5.74, 6) is 0. The molecule has 0 radical (unpaired) electrons. The first-order valence-corrected chi connectivity index (χ1v) is 14.0. The van der Waals surface area contributed by atoms with Crippen molar-refractivity contribution in [3.63, 3.8) is 0 Å². The molecule has 0 aliphatic carbocycles. The van der Waals surface area contributed by atoms with Crippen LogP contribution in [0.25, 0.3) is 19.8 Å². The number of fused-ring (bicyclic) bond motifs is 3. The first-order chi connectivity index (χ1) is 13.2. The Morgan fingerprint density at radius 1 is 0.714 bits per heavy atom. The minimum Gasteiger partial charge on any atom is -0.218 e. The summed E-state index contributed by atoms with van der Waals surface area (Å²) in [6.45, 7) is 0. The Kier molecular flexibility index (Phi) is 4.22. The highest BCUT2D eigenvalue weighted by atomic mass is 79.9. The highest BCUT2D eigenvalue weighted by Gasteiger charge is 2.39. The lowest BCUT2D eigenvalue weighted by atomic mass is 10.2. The van der Waals surface area contributed by atoms with Crippen LogP contribution in [0.1, 0.15) is 0 Å². The molecule has 28 heavy (non-hydrogen) atoms. The molecule has 0 saturated carbocycles. The van der Waals surface area contributed by atoms with Crippen LogP contribution in [0.2, 0.25) is 0 Å². The molecule has 1 aliphatic rings. The zero-order chi connectivity index (χ0) is 19.8. The smallest absolute Gasteiger partial charge is 0.209 e. The zero-order valence-electron chi connectivity index (χ0n) is 13.6. The van der Waals surface area contributed by atoms with Gasteiger partial charge in [0.05, 0.1) is 32.5 Å². The van der Waals surface area contributed by atoms with Gasteiger partial charge >= 0.3 is 0 Å². The van der Waals surface area contributed by atoms with Crippen molar-refractivity contribution in [3.05, 3.63) is 56.8 Å². The van der Waals surface area contributed by atoms with E-state index in [1.165, 1.54) is 47.7 Å². The van der Waals surface area contributed by atoms with Gasteiger partial charge in [0.15, 0.2) is 0 Å². The number of rotatable bonds is 1. The second-order valence-electron chi connectivity index (χ2n) is 6.11. The summed E-state index contributed by atoms with van der Waals surface area (Å²) in [6, 6.07) is 12.2. The van der Waals surface area contributed by atoms with Crippen LogP contribution in [0.4, 0.5) is 0 Å². The van der Waals surface area contributed by atoms with Crippen molar-refractivity contribution >= 4 is 83.6 Å². The molecule has 1 aliphatic heterocycles. The van der Waals surface area contributed by atoms with Gasteiger partial charge in [-0.3, -0.25) is 0 Å². The van der Waals surface area contributed by atoms with Crippen LogP contribution < -0.4 is 0 Å². The Labute approximate surface area is 185 Å². The van der Waals surface area contributed by atoms with Gasteiger partial charge < -0.3 is 0 Å². The number of thiophene rings is 2. The molecule has 5 rings (SSSR count). The van der Waals surface area contributed by atoms with Crippen molar-refractivity contribution in [3.8, 4) is 10.4 Å². The van der Waals surface area contributed by atoms with Gasteiger partial charge in [0.2, 0.25) is 19.7 Å². The summed E-state index contributed by atoms with van der Waals surface area (Å²) in [4.78, 5) is 0.209. The van der Waals surface area contributed by atoms with Gasteiger partial charge in [-0.2, -0.15) is 0 Å². The quantitative estimate of drug-likeness (QED) is 0.241. The lowest BCUT2D eigenvalue weighted by Crippen LogP contribution is -2.19. The fourth-order valence-corrected chi connectivity index (χ4v) is 11.2. The van der Waals surface area contributed by atoms with Crippen LogP contribution in [0, 0.1) is 0 Å². The molecule has 10 heteroatoms. The molecule has 0 amide bonds. The molecule has 0 spiro atoms. The normalized spacial score (nSPS) is 16.6. The maximum absolute atomic E-state index is 13.1. The van der Waals surface area contributed by atoms with Crippen molar-refractivity contribution in [2.75, 3.05) is 0 Å². The third kappa shape index (κ3) is 2.55. The third-order valence-corrected chi connectivity index (χ3v) is 13.5. The Morgan fingerprint density at radius 3 is 1.96 bits per heavy atom. The van der Waals surface area contributed by atoms with Crippen molar-refractivity contribution < 1.29 is 16.8 Å². The molecule has 4 aromatic rings. The minimum absolute atomic E-state index is 0.166. The zero-order valence-corrected chi connectivity index (χ0v) is 20.1. The predicted octanol–water partition coefficient (Wildman–Crippen LogP) is 6.13. The number of sulfone groups is 2. The molecular weight excluding hydrogens is 568 g/mol. The topological polar surface area (TPSA) is 68.3 Å². The third-order valence-electron chi connectivity index (χ3n) is 4.50. The Bertz CT molecular complexity index is 1510. The van der Waals surface area contributed by atoms with E-state index in [4.69, 9.17) is 0 Å². The number of hydrogen-bond donors (Lipinski definition) is 0. The van der Waals surface area contributed by atoms with E-state index >= 15 is 0 Å². The lowest BCUT2D eigenvalue weighted by Gasteiger charge is -2.20. The van der Waals surface area contributed by atoms with E-state index in [9.17, 15) is 16.8 Å². The number of benzene rings is 2. The van der Waals surface area contributed by atoms with E-state index in [0.29, 0.717) is 5.56 Å². The van der Waals surface area contributed by atoms with Crippen LogP contribution in [-0.4, -0.2) is 16.8 Å².